The van der Waals surface area contributed by atoms with Crippen LogP contribution in [-0.4, -0.2) is 35.7 Å². The highest BCUT2D eigenvalue weighted by Gasteiger charge is 2.27. The van der Waals surface area contributed by atoms with E-state index in [1.54, 1.807) is 11.0 Å². The van der Waals surface area contributed by atoms with Gasteiger partial charge in [-0.2, -0.15) is 0 Å². The van der Waals surface area contributed by atoms with Gasteiger partial charge in [-0.15, -0.1) is 0 Å². The van der Waals surface area contributed by atoms with Crippen molar-refractivity contribution in [2.75, 3.05) is 18.4 Å². The SMILES string of the molecule is CC(C)(C)OC(=O)N1CCCC(Nc2ccc(F)cc2Cl)C1. The Labute approximate surface area is 135 Å². The van der Waals surface area contributed by atoms with E-state index >= 15 is 0 Å². The number of rotatable bonds is 2. The zero-order chi connectivity index (χ0) is 16.3. The molecule has 0 radical (unpaired) electrons. The van der Waals surface area contributed by atoms with E-state index in [4.69, 9.17) is 16.3 Å². The fourth-order valence-corrected chi connectivity index (χ4v) is 2.64. The van der Waals surface area contributed by atoms with Crippen LogP contribution < -0.4 is 5.32 Å². The lowest BCUT2D eigenvalue weighted by Crippen LogP contribution is -2.47. The number of hydrogen-bond donors (Lipinski definition) is 1. The van der Waals surface area contributed by atoms with Crippen LogP contribution >= 0.6 is 11.6 Å². The number of carbonyl (C=O) groups excluding carboxylic acids is 1. The predicted octanol–water partition coefficient (Wildman–Crippen LogP) is 4.29. The third-order valence-electron chi connectivity index (χ3n) is 3.36. The summed E-state index contributed by atoms with van der Waals surface area (Å²) in [7, 11) is 0. The van der Waals surface area contributed by atoms with Crippen LogP contribution in [0.1, 0.15) is 33.6 Å². The van der Waals surface area contributed by atoms with E-state index in [1.807, 2.05) is 20.8 Å². The minimum atomic E-state index is -0.502. The summed E-state index contributed by atoms with van der Waals surface area (Å²) in [6.07, 6.45) is 1.51. The zero-order valence-electron chi connectivity index (χ0n) is 13.2. The number of piperidine rings is 1. The molecule has 1 N–H and O–H groups in total. The van der Waals surface area contributed by atoms with Crippen molar-refractivity contribution in [1.29, 1.82) is 0 Å². The number of anilines is 1. The van der Waals surface area contributed by atoms with Gasteiger partial charge in [0.05, 0.1) is 10.7 Å². The first-order valence-corrected chi connectivity index (χ1v) is 7.82. The maximum absolute atomic E-state index is 13.1. The van der Waals surface area contributed by atoms with Crippen molar-refractivity contribution < 1.29 is 13.9 Å². The number of likely N-dealkylation sites (tertiary alicyclic amines) is 1. The summed E-state index contributed by atoms with van der Waals surface area (Å²) in [5, 5.41) is 3.62. The number of hydrogen-bond acceptors (Lipinski definition) is 3. The molecule has 22 heavy (non-hydrogen) atoms. The molecule has 0 bridgehead atoms. The molecule has 1 amide bonds. The van der Waals surface area contributed by atoms with E-state index in [1.165, 1.54) is 12.1 Å². The maximum Gasteiger partial charge on any atom is 0.410 e. The van der Waals surface area contributed by atoms with Gasteiger partial charge in [-0.3, -0.25) is 0 Å². The Morgan fingerprint density at radius 2 is 2.18 bits per heavy atom. The third-order valence-corrected chi connectivity index (χ3v) is 3.68. The van der Waals surface area contributed by atoms with E-state index in [-0.39, 0.29) is 18.0 Å². The van der Waals surface area contributed by atoms with Crippen LogP contribution in [0.25, 0.3) is 0 Å². The average Bonchev–Trinajstić information content (AvgIpc) is 2.40. The minimum absolute atomic E-state index is 0.0734. The van der Waals surface area contributed by atoms with Crippen LogP contribution in [0.3, 0.4) is 0 Å². The van der Waals surface area contributed by atoms with Crippen molar-refractivity contribution >= 4 is 23.4 Å². The van der Waals surface area contributed by atoms with Crippen molar-refractivity contribution in [3.63, 3.8) is 0 Å². The molecule has 1 saturated heterocycles. The molecule has 1 aromatic carbocycles. The van der Waals surface area contributed by atoms with Crippen LogP contribution in [0.5, 0.6) is 0 Å². The third kappa shape index (κ3) is 4.77. The van der Waals surface area contributed by atoms with Crippen LogP contribution in [0.15, 0.2) is 18.2 Å². The molecule has 1 heterocycles. The summed E-state index contributed by atoms with van der Waals surface area (Å²) < 4.78 is 18.5. The highest BCUT2D eigenvalue weighted by molar-refractivity contribution is 6.33. The van der Waals surface area contributed by atoms with Crippen molar-refractivity contribution in [1.82, 2.24) is 4.90 Å². The fraction of sp³-hybridized carbons (Fsp3) is 0.562. The Bertz CT molecular complexity index is 545. The van der Waals surface area contributed by atoms with Crippen molar-refractivity contribution in [2.45, 2.75) is 45.3 Å². The highest BCUT2D eigenvalue weighted by Crippen LogP contribution is 2.25. The van der Waals surface area contributed by atoms with Crippen molar-refractivity contribution in [2.24, 2.45) is 0 Å². The standard InChI is InChI=1S/C16H22ClFN2O2/c1-16(2,3)22-15(21)20-8-4-5-12(10-20)19-14-7-6-11(18)9-13(14)17/h6-7,9,12,19H,4-5,8,10H2,1-3H3. The molecule has 0 spiro atoms. The Morgan fingerprint density at radius 1 is 1.45 bits per heavy atom. The number of ether oxygens (including phenoxy) is 1. The minimum Gasteiger partial charge on any atom is -0.444 e. The molecule has 1 atom stereocenters. The first-order chi connectivity index (χ1) is 10.2. The van der Waals surface area contributed by atoms with Gasteiger partial charge < -0.3 is 15.0 Å². The van der Waals surface area contributed by atoms with Gasteiger partial charge in [0.1, 0.15) is 11.4 Å². The Balaban J connectivity index is 1.97. The average molecular weight is 329 g/mol. The molecule has 1 aromatic rings. The lowest BCUT2D eigenvalue weighted by Gasteiger charge is -2.35. The van der Waals surface area contributed by atoms with E-state index in [0.717, 1.165) is 12.8 Å². The topological polar surface area (TPSA) is 41.6 Å². The molecule has 1 fully saturated rings. The van der Waals surface area contributed by atoms with Crippen LogP contribution in [0, 0.1) is 5.82 Å². The molecular formula is C16H22ClFN2O2. The largest absolute Gasteiger partial charge is 0.444 e. The number of benzene rings is 1. The van der Waals surface area contributed by atoms with Crippen molar-refractivity contribution in [3.05, 3.63) is 29.0 Å². The molecule has 1 unspecified atom stereocenters. The molecular weight excluding hydrogens is 307 g/mol. The van der Waals surface area contributed by atoms with E-state index in [9.17, 15) is 9.18 Å². The Kier molecular flexibility index (Phi) is 5.16. The van der Waals surface area contributed by atoms with Crippen molar-refractivity contribution in [3.8, 4) is 0 Å². The molecule has 4 nitrogen and oxygen atoms in total. The van der Waals surface area contributed by atoms with E-state index in [2.05, 4.69) is 5.32 Å². The highest BCUT2D eigenvalue weighted by atomic mass is 35.5. The fourth-order valence-electron chi connectivity index (χ4n) is 2.41. The van der Waals surface area contributed by atoms with Gasteiger partial charge in [0.15, 0.2) is 0 Å². The summed E-state index contributed by atoms with van der Waals surface area (Å²) in [5.74, 6) is -0.366. The van der Waals surface area contributed by atoms with Crippen LogP contribution in [0.4, 0.5) is 14.9 Å². The molecule has 2 rings (SSSR count). The lowest BCUT2D eigenvalue weighted by molar-refractivity contribution is 0.0206. The first-order valence-electron chi connectivity index (χ1n) is 7.44. The summed E-state index contributed by atoms with van der Waals surface area (Å²) >= 11 is 6.03. The van der Waals surface area contributed by atoms with Gasteiger partial charge in [-0.1, -0.05) is 11.6 Å². The normalized spacial score (nSPS) is 19.0. The van der Waals surface area contributed by atoms with Gasteiger partial charge in [-0.05, 0) is 51.8 Å². The second kappa shape index (κ2) is 6.73. The van der Waals surface area contributed by atoms with E-state index in [0.29, 0.717) is 23.8 Å². The Hall–Kier alpha value is -1.49. The summed E-state index contributed by atoms with van der Waals surface area (Å²) in [6.45, 7) is 6.78. The maximum atomic E-state index is 13.1. The van der Waals surface area contributed by atoms with Crippen LogP contribution in [0.2, 0.25) is 5.02 Å². The molecule has 1 aliphatic rings. The van der Waals surface area contributed by atoms with E-state index < -0.39 is 5.60 Å². The number of amides is 1. The number of nitrogens with one attached hydrogen (secondary N) is 1. The Morgan fingerprint density at radius 3 is 2.82 bits per heavy atom. The smallest absolute Gasteiger partial charge is 0.410 e. The second-order valence-corrected chi connectivity index (χ2v) is 6.94. The molecule has 0 aromatic heterocycles. The number of halogens is 2. The molecule has 1 aliphatic heterocycles. The lowest BCUT2D eigenvalue weighted by atomic mass is 10.1. The zero-order valence-corrected chi connectivity index (χ0v) is 13.9. The first kappa shape index (κ1) is 16.9. The molecule has 0 saturated carbocycles. The van der Waals surface area contributed by atoms with Gasteiger partial charge in [0.25, 0.3) is 0 Å². The van der Waals surface area contributed by atoms with Gasteiger partial charge in [0.2, 0.25) is 0 Å². The summed E-state index contributed by atoms with van der Waals surface area (Å²) in [4.78, 5) is 13.8. The molecule has 0 aliphatic carbocycles. The van der Waals surface area contributed by atoms with Gasteiger partial charge >= 0.3 is 6.09 Å². The molecule has 6 heteroatoms. The second-order valence-electron chi connectivity index (χ2n) is 6.53. The quantitative estimate of drug-likeness (QED) is 0.880. The summed E-state index contributed by atoms with van der Waals surface area (Å²) in [6, 6.07) is 4.33. The monoisotopic (exact) mass is 328 g/mol. The summed E-state index contributed by atoms with van der Waals surface area (Å²) in [5.41, 5.74) is 0.177. The number of carbonyl (C=O) groups is 1. The van der Waals surface area contributed by atoms with Gasteiger partial charge in [-0.25, -0.2) is 9.18 Å². The van der Waals surface area contributed by atoms with Crippen LogP contribution in [-0.2, 0) is 4.74 Å². The predicted molar refractivity (Wildman–Crippen MR) is 85.9 cm³/mol. The molecule has 122 valence electrons. The number of nitrogens with zero attached hydrogens (tertiary/aromatic N) is 1. The van der Waals surface area contributed by atoms with Gasteiger partial charge in [0, 0.05) is 19.1 Å².